The van der Waals surface area contributed by atoms with Crippen molar-refractivity contribution in [2.45, 2.75) is 6.92 Å². The van der Waals surface area contributed by atoms with Gasteiger partial charge in [-0.3, -0.25) is 4.79 Å². The minimum atomic E-state index is -1.18. The molecule has 20 heavy (non-hydrogen) atoms. The maximum absolute atomic E-state index is 11.8. The van der Waals surface area contributed by atoms with E-state index in [-0.39, 0.29) is 33.0 Å². The highest BCUT2D eigenvalue weighted by Crippen LogP contribution is 2.32. The molecular weight excluding hydrogens is 309 g/mol. The zero-order chi connectivity index (χ0) is 14.9. The Morgan fingerprint density at radius 3 is 2.35 bits per heavy atom. The number of carboxylic acid groups (broad SMARTS) is 1. The van der Waals surface area contributed by atoms with Crippen LogP contribution in [0.5, 0.6) is 0 Å². The largest absolute Gasteiger partial charge is 0.478 e. The number of hydrogen-bond donors (Lipinski definition) is 2. The third-order valence-electron chi connectivity index (χ3n) is 2.26. The van der Waals surface area contributed by atoms with E-state index in [1.165, 1.54) is 19.1 Å². The third kappa shape index (κ3) is 2.89. The van der Waals surface area contributed by atoms with Crippen LogP contribution in [-0.2, 0) is 0 Å². The van der Waals surface area contributed by atoms with Crippen LogP contribution in [0, 0.1) is 6.92 Å². The van der Waals surface area contributed by atoms with E-state index in [2.05, 4.69) is 20.0 Å². The number of anilines is 1. The predicted molar refractivity (Wildman–Crippen MR) is 70.4 cm³/mol. The van der Waals surface area contributed by atoms with Crippen LogP contribution < -0.4 is 5.32 Å². The van der Waals surface area contributed by atoms with Gasteiger partial charge in [0.25, 0.3) is 11.7 Å². The van der Waals surface area contributed by atoms with Crippen molar-refractivity contribution in [1.29, 1.82) is 0 Å². The number of nitrogens with zero attached hydrogens (tertiary/aromatic N) is 2. The molecule has 9 heteroatoms. The van der Waals surface area contributed by atoms with Crippen LogP contribution in [0.4, 0.5) is 5.69 Å². The van der Waals surface area contributed by atoms with Crippen LogP contribution in [0.25, 0.3) is 0 Å². The van der Waals surface area contributed by atoms with Crippen molar-refractivity contribution in [1.82, 2.24) is 10.1 Å². The molecule has 2 rings (SSSR count). The van der Waals surface area contributed by atoms with Gasteiger partial charge in [-0.2, -0.15) is 4.98 Å². The summed E-state index contributed by atoms with van der Waals surface area (Å²) in [5, 5.41) is 14.7. The molecule has 0 unspecified atom stereocenters. The van der Waals surface area contributed by atoms with Gasteiger partial charge in [-0.25, -0.2) is 4.79 Å². The van der Waals surface area contributed by atoms with Gasteiger partial charge in [0, 0.05) is 6.92 Å². The van der Waals surface area contributed by atoms with Crippen molar-refractivity contribution < 1.29 is 19.2 Å². The summed E-state index contributed by atoms with van der Waals surface area (Å²) in [5.74, 6) is -1.81. The Bertz CT molecular complexity index is 676. The Hall–Kier alpha value is -2.12. The lowest BCUT2D eigenvalue weighted by molar-refractivity contribution is 0.0696. The van der Waals surface area contributed by atoms with E-state index in [9.17, 15) is 9.59 Å². The summed E-state index contributed by atoms with van der Waals surface area (Å²) in [7, 11) is 0. The number of aromatic carboxylic acids is 1. The zero-order valence-corrected chi connectivity index (χ0v) is 11.5. The Morgan fingerprint density at radius 1 is 1.30 bits per heavy atom. The number of aromatic nitrogens is 2. The Balaban J connectivity index is 2.30. The first-order valence-electron chi connectivity index (χ1n) is 5.22. The summed E-state index contributed by atoms with van der Waals surface area (Å²) in [5.41, 5.74) is -0.0146. The highest BCUT2D eigenvalue weighted by molar-refractivity contribution is 6.40. The van der Waals surface area contributed by atoms with Crippen molar-refractivity contribution in [2.75, 3.05) is 5.32 Å². The Labute approximate surface area is 122 Å². The quantitative estimate of drug-likeness (QED) is 0.902. The van der Waals surface area contributed by atoms with Crippen LogP contribution in [0.3, 0.4) is 0 Å². The first kappa shape index (κ1) is 14.3. The number of carbonyl (C=O) groups is 2. The SMILES string of the molecule is Cc1nc(C(=O)Nc2c(Cl)cc(C(=O)O)cc2Cl)no1. The fraction of sp³-hybridized carbons (Fsp3) is 0.0909. The third-order valence-corrected chi connectivity index (χ3v) is 2.85. The molecule has 0 saturated heterocycles. The molecule has 7 nitrogen and oxygen atoms in total. The monoisotopic (exact) mass is 315 g/mol. The second kappa shape index (κ2) is 5.48. The van der Waals surface area contributed by atoms with Crippen molar-refractivity contribution in [3.63, 3.8) is 0 Å². The van der Waals surface area contributed by atoms with E-state index in [1.807, 2.05) is 0 Å². The number of carbonyl (C=O) groups excluding carboxylic acids is 1. The molecule has 1 heterocycles. The molecule has 2 aromatic rings. The van der Waals surface area contributed by atoms with Crippen molar-refractivity contribution in [3.8, 4) is 0 Å². The Morgan fingerprint density at radius 2 is 1.90 bits per heavy atom. The van der Waals surface area contributed by atoms with Gasteiger partial charge < -0.3 is 14.9 Å². The van der Waals surface area contributed by atoms with Gasteiger partial charge in [0.2, 0.25) is 5.89 Å². The van der Waals surface area contributed by atoms with Gasteiger partial charge in [-0.15, -0.1) is 0 Å². The molecule has 1 aromatic carbocycles. The molecule has 0 fully saturated rings. The predicted octanol–water partition coefficient (Wildman–Crippen LogP) is 2.64. The summed E-state index contributed by atoms with van der Waals surface area (Å²) < 4.78 is 4.67. The molecule has 0 aliphatic rings. The topological polar surface area (TPSA) is 105 Å². The average molecular weight is 316 g/mol. The normalized spacial score (nSPS) is 10.3. The number of amides is 1. The van der Waals surface area contributed by atoms with Gasteiger partial charge >= 0.3 is 5.97 Å². The summed E-state index contributed by atoms with van der Waals surface area (Å²) in [4.78, 5) is 26.4. The molecule has 0 radical (unpaired) electrons. The molecule has 1 amide bonds. The van der Waals surface area contributed by atoms with Crippen LogP contribution in [0.15, 0.2) is 16.7 Å². The minimum absolute atomic E-state index is 0.0107. The molecule has 0 bridgehead atoms. The van der Waals surface area contributed by atoms with E-state index in [0.29, 0.717) is 0 Å². The highest BCUT2D eigenvalue weighted by atomic mass is 35.5. The van der Waals surface area contributed by atoms with Crippen LogP contribution >= 0.6 is 23.2 Å². The van der Waals surface area contributed by atoms with Crippen molar-refractivity contribution >= 4 is 40.8 Å². The number of nitrogens with one attached hydrogen (secondary N) is 1. The number of halogens is 2. The number of hydrogen-bond acceptors (Lipinski definition) is 5. The molecule has 2 N–H and O–H groups in total. The van der Waals surface area contributed by atoms with Crippen molar-refractivity contribution in [2.24, 2.45) is 0 Å². The number of rotatable bonds is 3. The fourth-order valence-electron chi connectivity index (χ4n) is 1.38. The summed E-state index contributed by atoms with van der Waals surface area (Å²) >= 11 is 11.8. The van der Waals surface area contributed by atoms with Crippen LogP contribution in [0.2, 0.25) is 10.0 Å². The number of carboxylic acids is 1. The lowest BCUT2D eigenvalue weighted by Crippen LogP contribution is -2.14. The van der Waals surface area contributed by atoms with E-state index >= 15 is 0 Å². The lowest BCUT2D eigenvalue weighted by atomic mass is 10.2. The molecule has 0 saturated carbocycles. The number of benzene rings is 1. The van der Waals surface area contributed by atoms with Crippen LogP contribution in [0.1, 0.15) is 26.9 Å². The average Bonchev–Trinajstić information content (AvgIpc) is 2.80. The van der Waals surface area contributed by atoms with E-state index in [0.717, 1.165) is 0 Å². The van der Waals surface area contributed by atoms with Gasteiger partial charge in [-0.1, -0.05) is 28.4 Å². The standard InChI is InChI=1S/C11H7Cl2N3O4/c1-4-14-9(16-20-4)10(17)15-8-6(12)2-5(11(18)19)3-7(8)13/h2-3H,1H3,(H,15,17)(H,18,19). The molecule has 1 aromatic heterocycles. The van der Waals surface area contributed by atoms with Gasteiger partial charge in [0.05, 0.1) is 21.3 Å². The smallest absolute Gasteiger partial charge is 0.335 e. The molecule has 0 spiro atoms. The maximum Gasteiger partial charge on any atom is 0.335 e. The molecular formula is C11H7Cl2N3O4. The highest BCUT2D eigenvalue weighted by Gasteiger charge is 2.18. The molecule has 0 atom stereocenters. The lowest BCUT2D eigenvalue weighted by Gasteiger charge is -2.08. The molecule has 0 aliphatic heterocycles. The second-order valence-corrected chi connectivity index (χ2v) is 4.53. The minimum Gasteiger partial charge on any atom is -0.478 e. The van der Waals surface area contributed by atoms with E-state index in [4.69, 9.17) is 28.3 Å². The first-order valence-corrected chi connectivity index (χ1v) is 5.98. The van der Waals surface area contributed by atoms with Crippen LogP contribution in [-0.4, -0.2) is 27.1 Å². The Kier molecular flexibility index (Phi) is 3.91. The van der Waals surface area contributed by atoms with Gasteiger partial charge in [-0.05, 0) is 12.1 Å². The van der Waals surface area contributed by atoms with E-state index in [1.54, 1.807) is 0 Å². The van der Waals surface area contributed by atoms with Gasteiger partial charge in [0.15, 0.2) is 0 Å². The van der Waals surface area contributed by atoms with Crippen molar-refractivity contribution in [3.05, 3.63) is 39.5 Å². The zero-order valence-electron chi connectivity index (χ0n) is 9.98. The maximum atomic E-state index is 11.8. The summed E-state index contributed by atoms with van der Waals surface area (Å²) in [6.07, 6.45) is 0. The summed E-state index contributed by atoms with van der Waals surface area (Å²) in [6, 6.07) is 2.35. The molecule has 0 aliphatic carbocycles. The van der Waals surface area contributed by atoms with Gasteiger partial charge in [0.1, 0.15) is 0 Å². The summed E-state index contributed by atoms with van der Waals surface area (Å²) in [6.45, 7) is 1.53. The number of aryl methyl sites for hydroxylation is 1. The van der Waals surface area contributed by atoms with E-state index < -0.39 is 11.9 Å². The fourth-order valence-corrected chi connectivity index (χ4v) is 1.96. The molecule has 104 valence electrons. The second-order valence-electron chi connectivity index (χ2n) is 3.71. The first-order chi connectivity index (χ1) is 9.38.